The lowest BCUT2D eigenvalue weighted by Crippen LogP contribution is -2.35. The van der Waals surface area contributed by atoms with Crippen LogP contribution >= 0.6 is 11.3 Å². The van der Waals surface area contributed by atoms with E-state index in [4.69, 9.17) is 5.11 Å². The van der Waals surface area contributed by atoms with Crippen molar-refractivity contribution in [2.75, 3.05) is 13.2 Å². The number of aliphatic hydroxyl groups excluding tert-OH is 1. The molecule has 0 bridgehead atoms. The first kappa shape index (κ1) is 12.0. The van der Waals surface area contributed by atoms with Crippen molar-refractivity contribution in [3.8, 4) is 0 Å². The average Bonchev–Trinajstić information content (AvgIpc) is 2.78. The summed E-state index contributed by atoms with van der Waals surface area (Å²) < 4.78 is 0. The van der Waals surface area contributed by atoms with Crippen molar-refractivity contribution in [1.82, 2.24) is 10.3 Å². The van der Waals surface area contributed by atoms with Crippen LogP contribution in [0.15, 0.2) is 5.38 Å². The SMILES string of the molecule is CC(CO)c1csc(CC2CCCCN2)n1. The van der Waals surface area contributed by atoms with E-state index in [1.165, 1.54) is 24.3 Å². The van der Waals surface area contributed by atoms with Crippen molar-refractivity contribution in [2.45, 2.75) is 44.6 Å². The Hall–Kier alpha value is -0.450. The average molecular weight is 240 g/mol. The van der Waals surface area contributed by atoms with Crippen molar-refractivity contribution in [1.29, 1.82) is 0 Å². The minimum Gasteiger partial charge on any atom is -0.396 e. The molecule has 4 heteroatoms. The predicted octanol–water partition coefficient (Wildman–Crippen LogP) is 1.92. The first-order valence-electron chi connectivity index (χ1n) is 6.08. The van der Waals surface area contributed by atoms with E-state index in [9.17, 15) is 0 Å². The number of piperidine rings is 1. The molecule has 2 unspecified atom stereocenters. The summed E-state index contributed by atoms with van der Waals surface area (Å²) in [4.78, 5) is 4.59. The molecule has 0 amide bonds. The largest absolute Gasteiger partial charge is 0.396 e. The van der Waals surface area contributed by atoms with Gasteiger partial charge < -0.3 is 10.4 Å². The van der Waals surface area contributed by atoms with Gasteiger partial charge in [-0.25, -0.2) is 4.98 Å². The zero-order valence-electron chi connectivity index (χ0n) is 9.78. The number of hydrogen-bond acceptors (Lipinski definition) is 4. The van der Waals surface area contributed by atoms with Crippen molar-refractivity contribution in [2.24, 2.45) is 0 Å². The smallest absolute Gasteiger partial charge is 0.0943 e. The summed E-state index contributed by atoms with van der Waals surface area (Å²) in [5, 5.41) is 15.9. The summed E-state index contributed by atoms with van der Waals surface area (Å²) in [6.45, 7) is 3.35. The van der Waals surface area contributed by atoms with Gasteiger partial charge in [0.25, 0.3) is 0 Å². The van der Waals surface area contributed by atoms with Crippen LogP contribution in [-0.2, 0) is 6.42 Å². The maximum absolute atomic E-state index is 9.07. The molecule has 1 aromatic rings. The molecule has 2 heterocycles. The van der Waals surface area contributed by atoms with Crippen LogP contribution in [0.4, 0.5) is 0 Å². The standard InChI is InChI=1S/C12H20N2OS/c1-9(7-15)11-8-16-12(14-11)6-10-4-2-3-5-13-10/h8-10,13,15H,2-7H2,1H3. The highest BCUT2D eigenvalue weighted by molar-refractivity contribution is 7.09. The Morgan fingerprint density at radius 1 is 1.62 bits per heavy atom. The fourth-order valence-corrected chi connectivity index (χ4v) is 3.05. The van der Waals surface area contributed by atoms with Crippen LogP contribution in [0.2, 0.25) is 0 Å². The third-order valence-electron chi connectivity index (χ3n) is 3.18. The third kappa shape index (κ3) is 3.03. The van der Waals surface area contributed by atoms with Crippen LogP contribution in [0.3, 0.4) is 0 Å². The van der Waals surface area contributed by atoms with Crippen LogP contribution in [0.1, 0.15) is 42.8 Å². The van der Waals surface area contributed by atoms with Gasteiger partial charge in [-0.05, 0) is 19.4 Å². The summed E-state index contributed by atoms with van der Waals surface area (Å²) in [5.41, 5.74) is 1.04. The van der Waals surface area contributed by atoms with E-state index in [0.29, 0.717) is 6.04 Å². The van der Waals surface area contributed by atoms with Gasteiger partial charge in [-0.3, -0.25) is 0 Å². The van der Waals surface area contributed by atoms with Crippen molar-refractivity contribution < 1.29 is 5.11 Å². The summed E-state index contributed by atoms with van der Waals surface area (Å²) >= 11 is 1.72. The Bertz CT molecular complexity index is 321. The molecule has 1 fully saturated rings. The van der Waals surface area contributed by atoms with Gasteiger partial charge in [0.2, 0.25) is 0 Å². The zero-order valence-corrected chi connectivity index (χ0v) is 10.6. The first-order valence-corrected chi connectivity index (χ1v) is 6.96. The Balaban J connectivity index is 1.91. The molecule has 1 saturated heterocycles. The molecule has 0 spiro atoms. The molecule has 0 radical (unpaired) electrons. The van der Waals surface area contributed by atoms with E-state index in [2.05, 4.69) is 15.7 Å². The van der Waals surface area contributed by atoms with Crippen LogP contribution < -0.4 is 5.32 Å². The van der Waals surface area contributed by atoms with Gasteiger partial charge in [-0.2, -0.15) is 0 Å². The molecule has 1 aliphatic rings. The number of aliphatic hydroxyl groups is 1. The molecule has 1 aromatic heterocycles. The van der Waals surface area contributed by atoms with Crippen LogP contribution in [-0.4, -0.2) is 29.3 Å². The third-order valence-corrected chi connectivity index (χ3v) is 4.07. The molecule has 2 N–H and O–H groups in total. The quantitative estimate of drug-likeness (QED) is 0.845. The molecule has 3 nitrogen and oxygen atoms in total. The second kappa shape index (κ2) is 5.75. The van der Waals surface area contributed by atoms with Gasteiger partial charge >= 0.3 is 0 Å². The molecular formula is C12H20N2OS. The van der Waals surface area contributed by atoms with Gasteiger partial charge in [0.05, 0.1) is 17.3 Å². The van der Waals surface area contributed by atoms with Crippen LogP contribution in [0.25, 0.3) is 0 Å². The Morgan fingerprint density at radius 2 is 2.50 bits per heavy atom. The lowest BCUT2D eigenvalue weighted by atomic mass is 10.0. The number of hydrogen-bond donors (Lipinski definition) is 2. The van der Waals surface area contributed by atoms with Crippen molar-refractivity contribution >= 4 is 11.3 Å². The number of nitrogens with one attached hydrogen (secondary N) is 1. The number of aromatic nitrogens is 1. The second-order valence-electron chi connectivity index (χ2n) is 4.60. The number of thiazole rings is 1. The van der Waals surface area contributed by atoms with E-state index in [0.717, 1.165) is 18.7 Å². The fourth-order valence-electron chi connectivity index (χ4n) is 2.05. The van der Waals surface area contributed by atoms with E-state index in [-0.39, 0.29) is 12.5 Å². The highest BCUT2D eigenvalue weighted by atomic mass is 32.1. The Labute approximate surface area is 101 Å². The number of rotatable bonds is 4. The summed E-state index contributed by atoms with van der Waals surface area (Å²) in [7, 11) is 0. The molecule has 2 atom stereocenters. The minimum absolute atomic E-state index is 0.171. The predicted molar refractivity (Wildman–Crippen MR) is 67.0 cm³/mol. The highest BCUT2D eigenvalue weighted by Crippen LogP contribution is 2.20. The van der Waals surface area contributed by atoms with E-state index >= 15 is 0 Å². The van der Waals surface area contributed by atoms with Gasteiger partial charge in [-0.15, -0.1) is 11.3 Å². The molecule has 1 aliphatic heterocycles. The maximum atomic E-state index is 9.07. The van der Waals surface area contributed by atoms with E-state index < -0.39 is 0 Å². The van der Waals surface area contributed by atoms with E-state index in [1.807, 2.05) is 6.92 Å². The van der Waals surface area contributed by atoms with E-state index in [1.54, 1.807) is 11.3 Å². The molecule has 90 valence electrons. The van der Waals surface area contributed by atoms with Crippen molar-refractivity contribution in [3.63, 3.8) is 0 Å². The lowest BCUT2D eigenvalue weighted by molar-refractivity contribution is 0.271. The minimum atomic E-state index is 0.171. The Morgan fingerprint density at radius 3 is 3.19 bits per heavy atom. The van der Waals surface area contributed by atoms with Crippen molar-refractivity contribution in [3.05, 3.63) is 16.1 Å². The summed E-state index contributed by atoms with van der Waals surface area (Å²) in [5.74, 6) is 0.171. The normalized spacial score (nSPS) is 23.2. The molecule has 0 aliphatic carbocycles. The monoisotopic (exact) mass is 240 g/mol. The maximum Gasteiger partial charge on any atom is 0.0943 e. The molecule has 0 aromatic carbocycles. The topological polar surface area (TPSA) is 45.1 Å². The molecule has 2 rings (SSSR count). The summed E-state index contributed by atoms with van der Waals surface area (Å²) in [6.07, 6.45) is 4.96. The van der Waals surface area contributed by atoms with Gasteiger partial charge in [0.15, 0.2) is 0 Å². The second-order valence-corrected chi connectivity index (χ2v) is 5.54. The number of nitrogens with zero attached hydrogens (tertiary/aromatic N) is 1. The van der Waals surface area contributed by atoms with Gasteiger partial charge in [-0.1, -0.05) is 13.3 Å². The molecule has 16 heavy (non-hydrogen) atoms. The Kier molecular flexibility index (Phi) is 4.32. The lowest BCUT2D eigenvalue weighted by Gasteiger charge is -2.22. The summed E-state index contributed by atoms with van der Waals surface area (Å²) in [6, 6.07) is 0.609. The fraction of sp³-hybridized carbons (Fsp3) is 0.750. The van der Waals surface area contributed by atoms with Crippen LogP contribution in [0, 0.1) is 0 Å². The van der Waals surface area contributed by atoms with Gasteiger partial charge in [0.1, 0.15) is 0 Å². The van der Waals surface area contributed by atoms with Gasteiger partial charge in [0, 0.05) is 23.8 Å². The van der Waals surface area contributed by atoms with Crippen LogP contribution in [0.5, 0.6) is 0 Å². The zero-order chi connectivity index (χ0) is 11.4. The molecular weight excluding hydrogens is 220 g/mol. The molecule has 0 saturated carbocycles. The first-order chi connectivity index (χ1) is 7.79. The highest BCUT2D eigenvalue weighted by Gasteiger charge is 2.16.